The van der Waals surface area contributed by atoms with Gasteiger partial charge in [0.15, 0.2) is 5.76 Å². The van der Waals surface area contributed by atoms with Crippen LogP contribution in [0, 0.1) is 12.8 Å². The average Bonchev–Trinajstić information content (AvgIpc) is 2.51. The van der Waals surface area contributed by atoms with E-state index in [0.29, 0.717) is 5.76 Å². The fourth-order valence-electron chi connectivity index (χ4n) is 1.37. The molecule has 0 aliphatic heterocycles. The maximum absolute atomic E-state index is 11.5. The lowest BCUT2D eigenvalue weighted by molar-refractivity contribution is -0.144. The number of nitrogens with zero attached hydrogens (tertiary/aromatic N) is 1. The number of esters is 1. The summed E-state index contributed by atoms with van der Waals surface area (Å²) in [5, 5.41) is 3.75. The second kappa shape index (κ2) is 4.26. The van der Waals surface area contributed by atoms with E-state index in [1.807, 2.05) is 20.8 Å². The Bertz CT molecular complexity index is 317. The molecule has 1 aromatic rings. The van der Waals surface area contributed by atoms with Gasteiger partial charge in [0.1, 0.15) is 5.92 Å². The zero-order valence-electron chi connectivity index (χ0n) is 8.90. The Hall–Kier alpha value is -1.32. The van der Waals surface area contributed by atoms with Gasteiger partial charge in [-0.25, -0.2) is 0 Å². The first kappa shape index (κ1) is 10.8. The Balaban J connectivity index is 2.94. The van der Waals surface area contributed by atoms with Gasteiger partial charge in [0.2, 0.25) is 0 Å². The summed E-state index contributed by atoms with van der Waals surface area (Å²) in [6.45, 7) is 5.71. The molecule has 0 N–H and O–H groups in total. The maximum Gasteiger partial charge on any atom is 0.316 e. The molecular formula is C10H15NO3. The molecule has 0 saturated carbocycles. The minimum absolute atomic E-state index is 0.134. The average molecular weight is 197 g/mol. The highest BCUT2D eigenvalue weighted by molar-refractivity contribution is 5.77. The smallest absolute Gasteiger partial charge is 0.316 e. The number of carbonyl (C=O) groups excluding carboxylic acids is 1. The van der Waals surface area contributed by atoms with Gasteiger partial charge in [0, 0.05) is 6.07 Å². The van der Waals surface area contributed by atoms with Gasteiger partial charge >= 0.3 is 5.97 Å². The quantitative estimate of drug-likeness (QED) is 0.694. The molecule has 0 saturated heterocycles. The topological polar surface area (TPSA) is 52.3 Å². The van der Waals surface area contributed by atoms with Gasteiger partial charge in [-0.05, 0) is 12.8 Å². The monoisotopic (exact) mass is 197 g/mol. The van der Waals surface area contributed by atoms with E-state index in [0.717, 1.165) is 5.69 Å². The second-order valence-electron chi connectivity index (χ2n) is 3.62. The number of methoxy groups -OCH3 is 1. The lowest BCUT2D eigenvalue weighted by atomic mass is 9.93. The highest BCUT2D eigenvalue weighted by atomic mass is 16.5. The first-order valence-electron chi connectivity index (χ1n) is 4.57. The van der Waals surface area contributed by atoms with E-state index < -0.39 is 0 Å². The SMILES string of the molecule is COC(=O)C(c1cc(C)no1)C(C)C. The number of rotatable bonds is 3. The fraction of sp³-hybridized carbons (Fsp3) is 0.600. The molecule has 0 bridgehead atoms. The largest absolute Gasteiger partial charge is 0.468 e. The van der Waals surface area contributed by atoms with E-state index >= 15 is 0 Å². The Morgan fingerprint density at radius 2 is 2.21 bits per heavy atom. The molecule has 1 aromatic heterocycles. The van der Waals surface area contributed by atoms with Gasteiger partial charge in [-0.2, -0.15) is 0 Å². The molecule has 78 valence electrons. The summed E-state index contributed by atoms with van der Waals surface area (Å²) in [7, 11) is 1.38. The van der Waals surface area contributed by atoms with Crippen molar-refractivity contribution < 1.29 is 14.1 Å². The van der Waals surface area contributed by atoms with Gasteiger partial charge in [-0.3, -0.25) is 4.79 Å². The molecule has 1 rings (SSSR count). The normalized spacial score (nSPS) is 12.9. The van der Waals surface area contributed by atoms with E-state index in [2.05, 4.69) is 5.16 Å². The Kier molecular flexibility index (Phi) is 3.28. The first-order chi connectivity index (χ1) is 6.56. The molecule has 0 amide bonds. The first-order valence-corrected chi connectivity index (χ1v) is 4.57. The third-order valence-electron chi connectivity index (χ3n) is 2.07. The highest BCUT2D eigenvalue weighted by Gasteiger charge is 2.28. The van der Waals surface area contributed by atoms with Crippen LogP contribution in [-0.4, -0.2) is 18.2 Å². The van der Waals surface area contributed by atoms with E-state index in [4.69, 9.17) is 9.26 Å². The minimum Gasteiger partial charge on any atom is -0.468 e. The zero-order valence-corrected chi connectivity index (χ0v) is 8.90. The number of ether oxygens (including phenoxy) is 1. The predicted octanol–water partition coefficient (Wildman–Crippen LogP) is 1.90. The van der Waals surface area contributed by atoms with E-state index in [1.54, 1.807) is 6.07 Å². The van der Waals surface area contributed by atoms with Crippen LogP contribution in [0.3, 0.4) is 0 Å². The van der Waals surface area contributed by atoms with Gasteiger partial charge in [-0.1, -0.05) is 19.0 Å². The van der Waals surface area contributed by atoms with Crippen LogP contribution in [0.15, 0.2) is 10.6 Å². The highest BCUT2D eigenvalue weighted by Crippen LogP contribution is 2.26. The number of aryl methyl sites for hydroxylation is 1. The standard InChI is InChI=1S/C10H15NO3/c1-6(2)9(10(12)13-4)8-5-7(3)11-14-8/h5-6,9H,1-4H3. The van der Waals surface area contributed by atoms with Crippen LogP contribution in [0.4, 0.5) is 0 Å². The molecule has 0 fully saturated rings. The van der Waals surface area contributed by atoms with Crippen molar-refractivity contribution in [3.63, 3.8) is 0 Å². The van der Waals surface area contributed by atoms with Crippen LogP contribution < -0.4 is 0 Å². The van der Waals surface area contributed by atoms with Gasteiger partial charge in [0.05, 0.1) is 12.8 Å². The number of carbonyl (C=O) groups is 1. The summed E-state index contributed by atoms with van der Waals surface area (Å²) in [5.41, 5.74) is 0.773. The van der Waals surface area contributed by atoms with Crippen molar-refractivity contribution in [1.82, 2.24) is 5.16 Å². The van der Waals surface area contributed by atoms with Crippen LogP contribution in [0.2, 0.25) is 0 Å². The molecule has 0 spiro atoms. The van der Waals surface area contributed by atoms with Gasteiger partial charge in [0.25, 0.3) is 0 Å². The number of hydrogen-bond donors (Lipinski definition) is 0. The molecular weight excluding hydrogens is 182 g/mol. The molecule has 4 nitrogen and oxygen atoms in total. The summed E-state index contributed by atoms with van der Waals surface area (Å²) in [6.07, 6.45) is 0. The fourth-order valence-corrected chi connectivity index (χ4v) is 1.37. The van der Waals surface area contributed by atoms with Crippen LogP contribution in [0.1, 0.15) is 31.2 Å². The molecule has 0 aliphatic rings. The molecule has 0 aliphatic carbocycles. The Morgan fingerprint density at radius 3 is 2.57 bits per heavy atom. The summed E-state index contributed by atoms with van der Waals surface area (Å²) < 4.78 is 9.77. The summed E-state index contributed by atoms with van der Waals surface area (Å²) >= 11 is 0. The van der Waals surface area contributed by atoms with Crippen LogP contribution >= 0.6 is 0 Å². The Labute approximate surface area is 83.2 Å². The summed E-state index contributed by atoms with van der Waals surface area (Å²) in [5.74, 6) is 0.0662. The minimum atomic E-state index is -0.360. The summed E-state index contributed by atoms with van der Waals surface area (Å²) in [4.78, 5) is 11.5. The molecule has 1 atom stereocenters. The summed E-state index contributed by atoms with van der Waals surface area (Å²) in [6, 6.07) is 1.77. The van der Waals surface area contributed by atoms with Crippen molar-refractivity contribution >= 4 is 5.97 Å². The van der Waals surface area contributed by atoms with Crippen molar-refractivity contribution in [3.05, 3.63) is 17.5 Å². The van der Waals surface area contributed by atoms with E-state index in [-0.39, 0.29) is 17.8 Å². The molecule has 1 unspecified atom stereocenters. The van der Waals surface area contributed by atoms with Gasteiger partial charge < -0.3 is 9.26 Å². The van der Waals surface area contributed by atoms with Crippen molar-refractivity contribution in [2.45, 2.75) is 26.7 Å². The molecule has 0 aromatic carbocycles. The second-order valence-corrected chi connectivity index (χ2v) is 3.62. The van der Waals surface area contributed by atoms with Crippen molar-refractivity contribution in [2.24, 2.45) is 5.92 Å². The van der Waals surface area contributed by atoms with E-state index in [9.17, 15) is 4.79 Å². The molecule has 14 heavy (non-hydrogen) atoms. The van der Waals surface area contributed by atoms with Crippen molar-refractivity contribution in [3.8, 4) is 0 Å². The lowest BCUT2D eigenvalue weighted by Crippen LogP contribution is -2.18. The lowest BCUT2D eigenvalue weighted by Gasteiger charge is -2.14. The Morgan fingerprint density at radius 1 is 1.57 bits per heavy atom. The molecule has 0 radical (unpaired) electrons. The molecule has 1 heterocycles. The predicted molar refractivity (Wildman–Crippen MR) is 50.8 cm³/mol. The number of aromatic nitrogens is 1. The third-order valence-corrected chi connectivity index (χ3v) is 2.07. The zero-order chi connectivity index (χ0) is 10.7. The van der Waals surface area contributed by atoms with Crippen molar-refractivity contribution in [1.29, 1.82) is 0 Å². The van der Waals surface area contributed by atoms with Crippen LogP contribution in [0.25, 0.3) is 0 Å². The number of hydrogen-bond acceptors (Lipinski definition) is 4. The van der Waals surface area contributed by atoms with Crippen LogP contribution in [0.5, 0.6) is 0 Å². The van der Waals surface area contributed by atoms with Crippen LogP contribution in [-0.2, 0) is 9.53 Å². The molecule has 4 heteroatoms. The van der Waals surface area contributed by atoms with E-state index in [1.165, 1.54) is 7.11 Å². The maximum atomic E-state index is 11.5. The third kappa shape index (κ3) is 2.13. The van der Waals surface area contributed by atoms with Gasteiger partial charge in [-0.15, -0.1) is 0 Å². The van der Waals surface area contributed by atoms with Crippen molar-refractivity contribution in [2.75, 3.05) is 7.11 Å².